The highest BCUT2D eigenvalue weighted by Crippen LogP contribution is 2.39. The Morgan fingerprint density at radius 1 is 0.358 bits per heavy atom. The van der Waals surface area contributed by atoms with Crippen molar-refractivity contribution >= 4 is 11.8 Å². The predicted molar refractivity (Wildman–Crippen MR) is 290 cm³/mol. The summed E-state index contributed by atoms with van der Waals surface area (Å²) in [5, 5.41) is 276. The summed E-state index contributed by atoms with van der Waals surface area (Å²) in [5.74, 6) is -1.72. The molecule has 7 fully saturated rings. The molecule has 0 aliphatic carbocycles. The van der Waals surface area contributed by atoms with Crippen LogP contribution in [0.25, 0.3) is 0 Å². The van der Waals surface area contributed by atoms with Crippen LogP contribution in [0, 0.1) is 0 Å². The van der Waals surface area contributed by atoms with E-state index in [1.807, 2.05) is 0 Å². The molecule has 0 radical (unpaired) electrons. The van der Waals surface area contributed by atoms with Gasteiger partial charge >= 0.3 is 0 Å². The summed E-state index contributed by atoms with van der Waals surface area (Å²) in [7, 11) is 0. The Balaban J connectivity index is 1.21. The molecule has 0 aromatic carbocycles. The van der Waals surface area contributed by atoms with Crippen molar-refractivity contribution in [3.05, 3.63) is 0 Å². The van der Waals surface area contributed by atoms with Gasteiger partial charge in [0.05, 0.1) is 65.5 Å². The quantitative estimate of drug-likeness (QED) is 0.0346. The zero-order valence-electron chi connectivity index (χ0n) is 50.6. The van der Waals surface area contributed by atoms with Gasteiger partial charge in [-0.25, -0.2) is 0 Å². The van der Waals surface area contributed by atoms with Gasteiger partial charge in [-0.3, -0.25) is 9.59 Å². The second-order valence-corrected chi connectivity index (χ2v) is 23.6. The topological polar surface area (TPSA) is 693 Å². The van der Waals surface area contributed by atoms with Crippen molar-refractivity contribution in [1.29, 1.82) is 0 Å². The first-order valence-corrected chi connectivity index (χ1v) is 30.1. The van der Waals surface area contributed by atoms with E-state index in [1.165, 1.54) is 0 Å². The molecule has 7 rings (SSSR count). The third-order valence-electron chi connectivity index (χ3n) is 17.1. The Morgan fingerprint density at radius 3 is 1.16 bits per heavy atom. The molecule has 27 N–H and O–H groups in total. The van der Waals surface area contributed by atoms with Crippen LogP contribution in [0.1, 0.15) is 13.8 Å². The highest BCUT2D eigenvalue weighted by Gasteiger charge is 2.59. The van der Waals surface area contributed by atoms with Crippen molar-refractivity contribution < 1.29 is 204 Å². The van der Waals surface area contributed by atoms with Gasteiger partial charge in [0, 0.05) is 13.8 Å². The van der Waals surface area contributed by atoms with Crippen LogP contribution in [-0.2, 0) is 75.9 Å². The normalized spacial score (nSPS) is 47.3. The summed E-state index contributed by atoms with van der Waals surface area (Å²) in [6.45, 7) is -7.72. The van der Waals surface area contributed by atoms with Crippen LogP contribution in [-0.4, -0.2) is 438 Å². The van der Waals surface area contributed by atoms with E-state index in [0.717, 1.165) is 13.8 Å². The Kier molecular flexibility index (Phi) is 29.6. The van der Waals surface area contributed by atoms with E-state index in [2.05, 4.69) is 10.6 Å². The largest absolute Gasteiger partial charge is 0.394 e. The van der Waals surface area contributed by atoms with Crippen LogP contribution < -0.4 is 10.6 Å². The Bertz CT molecular complexity index is 2330. The summed E-state index contributed by atoms with van der Waals surface area (Å²) >= 11 is 0. The molecule has 7 aliphatic heterocycles. The van der Waals surface area contributed by atoms with Crippen molar-refractivity contribution in [2.24, 2.45) is 0 Å². The molecule has 43 nitrogen and oxygen atoms in total. The number of amides is 2. The minimum atomic E-state index is -2.51. The third-order valence-corrected chi connectivity index (χ3v) is 17.1. The van der Waals surface area contributed by atoms with Gasteiger partial charge in [-0.15, -0.1) is 0 Å². The number of hydrogen-bond donors (Lipinski definition) is 27. The molecule has 554 valence electrons. The SMILES string of the molecule is CC(=O)N[C@H]1[C@H](O[C@@H]([C@H](O)[C@H](CO)NC(C)=O)[C@H](O)CO)O[C@H](CO)[C@@H](O[C@@H]2O[C@H](CO[C@H]3O[C@H](CO)[C@@H](O)[C@H](O)[C@@H]3O)[C@@H](O)[C@H](O[C@H]3O[C@H](CO)[C@@H](O)[C@H](O)[C@@H]3O[C@H]3O[C@H](CO)[C@@H](O)[C@H](O)[C@@H]3O[C@H]3O[C@H](CO)[C@@H](O)[C@H](O[C@H]4O[C@H](CO)[C@@H](O)[C@H](O)[C@@H]4O)[C@@H]3O)[C@@H]2O)[C@@H]1O. The number of carbonyl (C=O) groups is 2. The second-order valence-electron chi connectivity index (χ2n) is 23.6. The summed E-state index contributed by atoms with van der Waals surface area (Å²) in [6, 6.07) is -3.51. The van der Waals surface area contributed by atoms with Crippen molar-refractivity contribution in [2.45, 2.75) is 253 Å². The van der Waals surface area contributed by atoms with Gasteiger partial charge in [-0.1, -0.05) is 0 Å². The van der Waals surface area contributed by atoms with Crippen LogP contribution >= 0.6 is 0 Å². The highest BCUT2D eigenvalue weighted by molar-refractivity contribution is 5.73. The van der Waals surface area contributed by atoms with Gasteiger partial charge in [0.1, 0.15) is 189 Å². The fraction of sp³-hybridized carbons (Fsp3) is 0.962. The molecule has 0 unspecified atom stereocenters. The molecule has 39 atom stereocenters. The number of rotatable bonds is 28. The van der Waals surface area contributed by atoms with Crippen molar-refractivity contribution in [2.75, 3.05) is 59.5 Å². The summed E-state index contributed by atoms with van der Waals surface area (Å²) < 4.78 is 81.1. The van der Waals surface area contributed by atoms with E-state index >= 15 is 0 Å². The monoisotopic (exact) mass is 1400 g/mol. The van der Waals surface area contributed by atoms with Crippen molar-refractivity contribution in [3.8, 4) is 0 Å². The fourth-order valence-electron chi connectivity index (χ4n) is 11.7. The van der Waals surface area contributed by atoms with E-state index in [0.29, 0.717) is 0 Å². The van der Waals surface area contributed by atoms with E-state index in [9.17, 15) is 137 Å². The first-order valence-electron chi connectivity index (χ1n) is 30.1. The predicted octanol–water partition coefficient (Wildman–Crippen LogP) is -18.5. The molecule has 0 saturated carbocycles. The van der Waals surface area contributed by atoms with Gasteiger partial charge in [-0.2, -0.15) is 0 Å². The van der Waals surface area contributed by atoms with E-state index < -0.39 is 311 Å². The Hall–Kier alpha value is -2.62. The van der Waals surface area contributed by atoms with Crippen LogP contribution in [0.3, 0.4) is 0 Å². The number of hydrogen-bond acceptors (Lipinski definition) is 41. The van der Waals surface area contributed by atoms with Crippen LogP contribution in [0.4, 0.5) is 0 Å². The standard InChI is InChI=1S/C52H90N2O41/c1-12(63)53-14(3-55)24(66)40(15(65)4-56)90-46-23(54-13(2)64)31(73)41(21(10-62)88-46)91-50-39(81)43(30(72)22(89-50)11-82-47-36(78)32(74)25(67)16(5-57)83-47)93-51-45(35(77)28(70)18(7-59)86-51)95-52-44(34(76)27(69)19(8-60)87-52)94-49-38(80)42(29(71)20(9-61)85-49)92-48-37(79)33(75)26(68)17(6-58)84-48/h14-52,55-62,65-81H,3-11H2,1-2H3,(H,53,63)(H,54,64)/t14-,15+,16+,17+,18+,19+,20+,21+,22+,23+,24+,25+,26+,27+,28+,29+,30+,31+,32-,33-,34-,35-,36-,37-,38-,39-,40+,41+,42-,43-,44-,45-,46-,47-,48+,49+,50-,51+,52+/m0/s1. The maximum Gasteiger partial charge on any atom is 0.217 e. The lowest BCUT2D eigenvalue weighted by atomic mass is 9.94. The molecule has 7 aliphatic rings. The molecule has 7 heterocycles. The number of nitrogens with one attached hydrogen (secondary N) is 2. The van der Waals surface area contributed by atoms with Gasteiger partial charge in [-0.05, 0) is 0 Å². The summed E-state index contributed by atoms with van der Waals surface area (Å²) in [4.78, 5) is 24.7. The van der Waals surface area contributed by atoms with Crippen LogP contribution in [0.5, 0.6) is 0 Å². The zero-order chi connectivity index (χ0) is 70.3. The molecule has 43 heteroatoms. The second kappa shape index (κ2) is 35.3. The summed E-state index contributed by atoms with van der Waals surface area (Å²) in [5.41, 5.74) is 0. The third kappa shape index (κ3) is 17.8. The minimum absolute atomic E-state index is 0.784. The molecule has 0 bridgehead atoms. The van der Waals surface area contributed by atoms with Crippen molar-refractivity contribution in [3.63, 3.8) is 0 Å². The zero-order valence-corrected chi connectivity index (χ0v) is 50.6. The van der Waals surface area contributed by atoms with Crippen LogP contribution in [0.2, 0.25) is 0 Å². The number of aliphatic hydroxyl groups excluding tert-OH is 25. The molecule has 95 heavy (non-hydrogen) atoms. The van der Waals surface area contributed by atoms with E-state index in [-0.39, 0.29) is 0 Å². The van der Waals surface area contributed by atoms with E-state index in [1.54, 1.807) is 0 Å². The average Bonchev–Trinajstić information content (AvgIpc) is 0.777. The fourth-order valence-corrected chi connectivity index (χ4v) is 11.7. The molecular weight excluding hydrogens is 1310 g/mol. The number of carbonyl (C=O) groups excluding carboxylic acids is 2. The molecule has 2 amide bonds. The maximum absolute atomic E-state index is 12.8. The maximum atomic E-state index is 12.8. The lowest BCUT2D eigenvalue weighted by Crippen LogP contribution is -2.70. The molecule has 0 spiro atoms. The first kappa shape index (κ1) is 79.7. The average molecular weight is 1400 g/mol. The molecular formula is C52H90N2O41. The van der Waals surface area contributed by atoms with Gasteiger partial charge < -0.3 is 205 Å². The van der Waals surface area contributed by atoms with Gasteiger partial charge in [0.15, 0.2) is 44.0 Å². The minimum Gasteiger partial charge on any atom is -0.394 e. The van der Waals surface area contributed by atoms with Gasteiger partial charge in [0.2, 0.25) is 11.8 Å². The van der Waals surface area contributed by atoms with Crippen molar-refractivity contribution in [1.82, 2.24) is 10.6 Å². The van der Waals surface area contributed by atoms with E-state index in [4.69, 9.17) is 66.3 Å². The van der Waals surface area contributed by atoms with Gasteiger partial charge in [0.25, 0.3) is 0 Å². The number of ether oxygens (including phenoxy) is 14. The Morgan fingerprint density at radius 2 is 0.716 bits per heavy atom. The summed E-state index contributed by atoms with van der Waals surface area (Å²) in [6.07, 6.45) is -78.3. The lowest BCUT2D eigenvalue weighted by Gasteiger charge is -2.51. The molecule has 0 aromatic rings. The lowest BCUT2D eigenvalue weighted by molar-refractivity contribution is -0.410. The van der Waals surface area contributed by atoms with Crippen LogP contribution in [0.15, 0.2) is 0 Å². The highest BCUT2D eigenvalue weighted by atomic mass is 16.8. The molecule has 7 saturated heterocycles. The number of aliphatic hydroxyl groups is 25. The first-order chi connectivity index (χ1) is 44.9. The smallest absolute Gasteiger partial charge is 0.217 e. The molecule has 0 aromatic heterocycles. The Labute approximate surface area is 537 Å².